The standard InChI is InChI=1S/C11H14NO2/c1-14-9-5-8-12-11(13)10-6-3-2-4-7-10/h3-4,6-7H,5,8-9H2,1H3,(H,12,13). The fourth-order valence-corrected chi connectivity index (χ4v) is 1.06. The van der Waals surface area contributed by atoms with Gasteiger partial charge in [-0.1, -0.05) is 12.1 Å². The number of hydrogen-bond donors (Lipinski definition) is 1. The minimum Gasteiger partial charge on any atom is -0.385 e. The Morgan fingerprint density at radius 1 is 1.50 bits per heavy atom. The van der Waals surface area contributed by atoms with Crippen LogP contribution in [0, 0.1) is 6.07 Å². The molecule has 1 N–H and O–H groups in total. The molecule has 0 fully saturated rings. The van der Waals surface area contributed by atoms with Crippen LogP contribution < -0.4 is 5.32 Å². The highest BCUT2D eigenvalue weighted by atomic mass is 16.5. The lowest BCUT2D eigenvalue weighted by Crippen LogP contribution is -2.25. The molecule has 0 aliphatic rings. The Labute approximate surface area is 84.1 Å². The topological polar surface area (TPSA) is 38.3 Å². The number of nitrogens with one attached hydrogen (secondary N) is 1. The molecule has 0 bridgehead atoms. The summed E-state index contributed by atoms with van der Waals surface area (Å²) in [6.45, 7) is 1.31. The molecule has 0 spiro atoms. The third-order valence-corrected chi connectivity index (χ3v) is 1.79. The van der Waals surface area contributed by atoms with Crippen molar-refractivity contribution < 1.29 is 9.53 Å². The summed E-state index contributed by atoms with van der Waals surface area (Å²) < 4.78 is 4.87. The van der Waals surface area contributed by atoms with Gasteiger partial charge in [0.25, 0.3) is 5.91 Å². The first kappa shape index (κ1) is 10.7. The number of amides is 1. The largest absolute Gasteiger partial charge is 0.385 e. The molecule has 3 nitrogen and oxygen atoms in total. The van der Waals surface area contributed by atoms with Gasteiger partial charge in [0.1, 0.15) is 0 Å². The molecule has 0 saturated heterocycles. The van der Waals surface area contributed by atoms with Crippen molar-refractivity contribution in [2.45, 2.75) is 6.42 Å². The van der Waals surface area contributed by atoms with Crippen molar-refractivity contribution in [3.63, 3.8) is 0 Å². The molecule has 0 atom stereocenters. The van der Waals surface area contributed by atoms with Gasteiger partial charge in [-0.25, -0.2) is 0 Å². The molecule has 0 heterocycles. The van der Waals surface area contributed by atoms with Crippen LogP contribution in [0.3, 0.4) is 0 Å². The van der Waals surface area contributed by atoms with Gasteiger partial charge in [-0.2, -0.15) is 0 Å². The van der Waals surface area contributed by atoms with Crippen LogP contribution in [0.1, 0.15) is 16.8 Å². The van der Waals surface area contributed by atoms with Crippen LogP contribution >= 0.6 is 0 Å². The zero-order chi connectivity index (χ0) is 10.2. The number of carbonyl (C=O) groups is 1. The lowest BCUT2D eigenvalue weighted by Gasteiger charge is -2.03. The number of ether oxygens (including phenoxy) is 1. The Morgan fingerprint density at radius 3 is 2.86 bits per heavy atom. The molecule has 0 aliphatic carbocycles. The highest BCUT2D eigenvalue weighted by Gasteiger charge is 2.01. The number of rotatable bonds is 5. The van der Waals surface area contributed by atoms with Gasteiger partial charge in [-0.15, -0.1) is 0 Å². The average molecular weight is 192 g/mol. The normalized spacial score (nSPS) is 9.79. The molecule has 0 saturated carbocycles. The van der Waals surface area contributed by atoms with E-state index in [2.05, 4.69) is 11.4 Å². The lowest BCUT2D eigenvalue weighted by atomic mass is 10.2. The molecule has 0 unspecified atom stereocenters. The highest BCUT2D eigenvalue weighted by Crippen LogP contribution is 1.96. The second-order valence-corrected chi connectivity index (χ2v) is 2.89. The molecule has 3 heteroatoms. The van der Waals surface area contributed by atoms with Crippen LogP contribution in [0.25, 0.3) is 0 Å². The molecule has 0 aromatic heterocycles. The second-order valence-electron chi connectivity index (χ2n) is 2.89. The summed E-state index contributed by atoms with van der Waals surface area (Å²) >= 11 is 0. The van der Waals surface area contributed by atoms with E-state index in [4.69, 9.17) is 4.74 Å². The van der Waals surface area contributed by atoms with Crippen LogP contribution in [0.4, 0.5) is 0 Å². The van der Waals surface area contributed by atoms with Crippen LogP contribution in [0.15, 0.2) is 24.3 Å². The average Bonchev–Trinajstić information content (AvgIpc) is 2.25. The summed E-state index contributed by atoms with van der Waals surface area (Å²) in [5.74, 6) is -0.0462. The van der Waals surface area contributed by atoms with Crippen molar-refractivity contribution >= 4 is 5.91 Å². The Morgan fingerprint density at radius 2 is 2.21 bits per heavy atom. The number of benzene rings is 1. The van der Waals surface area contributed by atoms with Crippen molar-refractivity contribution in [3.05, 3.63) is 35.9 Å². The van der Waals surface area contributed by atoms with E-state index < -0.39 is 0 Å². The lowest BCUT2D eigenvalue weighted by molar-refractivity contribution is 0.0948. The SMILES string of the molecule is COCCCNC(=O)c1cc[c]cc1. The smallest absolute Gasteiger partial charge is 0.251 e. The third-order valence-electron chi connectivity index (χ3n) is 1.79. The molecule has 1 rings (SSSR count). The number of carbonyl (C=O) groups excluding carboxylic acids is 1. The predicted octanol–water partition coefficient (Wildman–Crippen LogP) is 1.25. The van der Waals surface area contributed by atoms with Crippen LogP contribution in [-0.4, -0.2) is 26.2 Å². The van der Waals surface area contributed by atoms with Crippen molar-refractivity contribution in [2.24, 2.45) is 0 Å². The molecule has 1 amide bonds. The van der Waals surface area contributed by atoms with Crippen molar-refractivity contribution in [2.75, 3.05) is 20.3 Å². The van der Waals surface area contributed by atoms with Gasteiger partial charge < -0.3 is 10.1 Å². The predicted molar refractivity (Wildman–Crippen MR) is 54.1 cm³/mol. The van der Waals surface area contributed by atoms with Crippen molar-refractivity contribution in [3.8, 4) is 0 Å². The molecule has 14 heavy (non-hydrogen) atoms. The van der Waals surface area contributed by atoms with Gasteiger partial charge >= 0.3 is 0 Å². The Bertz CT molecular complexity index is 272. The second kappa shape index (κ2) is 6.16. The summed E-state index contributed by atoms with van der Waals surface area (Å²) in [7, 11) is 1.65. The molecule has 75 valence electrons. The first-order valence-electron chi connectivity index (χ1n) is 4.58. The zero-order valence-electron chi connectivity index (χ0n) is 8.25. The summed E-state index contributed by atoms with van der Waals surface area (Å²) in [5, 5.41) is 2.80. The zero-order valence-corrected chi connectivity index (χ0v) is 8.25. The minimum atomic E-state index is -0.0462. The van der Waals surface area contributed by atoms with E-state index in [1.165, 1.54) is 0 Å². The van der Waals surface area contributed by atoms with Gasteiger partial charge in [-0.05, 0) is 24.6 Å². The fraction of sp³-hybridized carbons (Fsp3) is 0.364. The van der Waals surface area contributed by atoms with Gasteiger partial charge in [0.15, 0.2) is 0 Å². The van der Waals surface area contributed by atoms with E-state index in [0.717, 1.165) is 6.42 Å². The van der Waals surface area contributed by atoms with E-state index in [1.54, 1.807) is 31.4 Å². The van der Waals surface area contributed by atoms with Gasteiger partial charge in [0, 0.05) is 25.8 Å². The van der Waals surface area contributed by atoms with E-state index in [0.29, 0.717) is 18.7 Å². The van der Waals surface area contributed by atoms with Crippen LogP contribution in [0.5, 0.6) is 0 Å². The number of hydrogen-bond acceptors (Lipinski definition) is 2. The van der Waals surface area contributed by atoms with Crippen molar-refractivity contribution in [1.29, 1.82) is 0 Å². The molecule has 1 aromatic rings. The molecular formula is C11H14NO2. The Kier molecular flexibility index (Phi) is 4.72. The summed E-state index contributed by atoms with van der Waals surface area (Å²) in [5.41, 5.74) is 0.668. The first-order chi connectivity index (χ1) is 6.84. The van der Waals surface area contributed by atoms with Gasteiger partial charge in [-0.3, -0.25) is 4.79 Å². The summed E-state index contributed by atoms with van der Waals surface area (Å²) in [4.78, 5) is 11.4. The monoisotopic (exact) mass is 192 g/mol. The highest BCUT2D eigenvalue weighted by molar-refractivity contribution is 5.94. The summed E-state index contributed by atoms with van der Waals surface area (Å²) in [6.07, 6.45) is 0.835. The van der Waals surface area contributed by atoms with E-state index >= 15 is 0 Å². The van der Waals surface area contributed by atoms with E-state index in [9.17, 15) is 4.79 Å². The van der Waals surface area contributed by atoms with E-state index in [1.807, 2.05) is 0 Å². The van der Waals surface area contributed by atoms with Crippen molar-refractivity contribution in [1.82, 2.24) is 5.32 Å². The third kappa shape index (κ3) is 3.58. The Balaban J connectivity index is 2.29. The minimum absolute atomic E-state index is 0.0462. The maximum absolute atomic E-state index is 11.4. The maximum Gasteiger partial charge on any atom is 0.251 e. The first-order valence-corrected chi connectivity index (χ1v) is 4.58. The van der Waals surface area contributed by atoms with Gasteiger partial charge in [0.05, 0.1) is 0 Å². The maximum atomic E-state index is 11.4. The van der Waals surface area contributed by atoms with E-state index in [-0.39, 0.29) is 5.91 Å². The summed E-state index contributed by atoms with van der Waals surface area (Å²) in [6, 6.07) is 9.80. The molecule has 1 radical (unpaired) electrons. The van der Waals surface area contributed by atoms with Gasteiger partial charge in [0.2, 0.25) is 0 Å². The van der Waals surface area contributed by atoms with Crippen LogP contribution in [-0.2, 0) is 4.74 Å². The van der Waals surface area contributed by atoms with Crippen LogP contribution in [0.2, 0.25) is 0 Å². The molecular weight excluding hydrogens is 178 g/mol. The molecule has 1 aromatic carbocycles. The quantitative estimate of drug-likeness (QED) is 0.713. The number of methoxy groups -OCH3 is 1. The fourth-order valence-electron chi connectivity index (χ4n) is 1.06. The molecule has 0 aliphatic heterocycles. The Hall–Kier alpha value is -1.35.